The molecule has 2 fully saturated rings. The molecule has 1 aromatic carbocycles. The first-order chi connectivity index (χ1) is 9.76. The molecule has 0 aliphatic heterocycles. The van der Waals surface area contributed by atoms with Gasteiger partial charge in [0, 0.05) is 10.9 Å². The van der Waals surface area contributed by atoms with Crippen LogP contribution in [-0.4, -0.2) is 24.8 Å². The summed E-state index contributed by atoms with van der Waals surface area (Å²) >= 11 is 1.57. The molecule has 2 saturated carbocycles. The Morgan fingerprint density at radius 1 is 1.35 bits per heavy atom. The average Bonchev–Trinajstić information content (AvgIpc) is 3.35. The minimum atomic E-state index is 0.168. The number of hydrogen-bond donors (Lipinski definition) is 1. The quantitative estimate of drug-likeness (QED) is 0.785. The molecule has 0 atom stereocenters. The second kappa shape index (κ2) is 6.08. The number of carbonyl (C=O) groups excluding carboxylic acids is 1. The second-order valence-electron chi connectivity index (χ2n) is 5.74. The summed E-state index contributed by atoms with van der Waals surface area (Å²) in [6.07, 6.45) is 5.18. The fourth-order valence-corrected chi connectivity index (χ4v) is 3.35. The van der Waals surface area contributed by atoms with E-state index in [-0.39, 0.29) is 5.91 Å². The van der Waals surface area contributed by atoms with E-state index >= 15 is 0 Å². The third-order valence-corrected chi connectivity index (χ3v) is 4.99. The smallest absolute Gasteiger partial charge is 0.230 e. The van der Waals surface area contributed by atoms with Crippen molar-refractivity contribution in [2.24, 2.45) is 11.8 Å². The van der Waals surface area contributed by atoms with Crippen molar-refractivity contribution in [3.63, 3.8) is 0 Å². The summed E-state index contributed by atoms with van der Waals surface area (Å²) in [5.41, 5.74) is 0. The lowest BCUT2D eigenvalue weighted by molar-refractivity contribution is -0.119. The number of carbonyl (C=O) groups is 1. The summed E-state index contributed by atoms with van der Waals surface area (Å²) in [5, 5.41) is 3.25. The summed E-state index contributed by atoms with van der Waals surface area (Å²) in [5.74, 6) is 3.01. The Labute approximate surface area is 124 Å². The Hall–Kier alpha value is -1.16. The van der Waals surface area contributed by atoms with Crippen LogP contribution in [0.25, 0.3) is 0 Å². The lowest BCUT2D eigenvalue weighted by Gasteiger charge is -2.17. The van der Waals surface area contributed by atoms with Crippen LogP contribution < -0.4 is 10.1 Å². The van der Waals surface area contributed by atoms with E-state index < -0.39 is 0 Å². The van der Waals surface area contributed by atoms with Gasteiger partial charge in [0.1, 0.15) is 5.75 Å². The van der Waals surface area contributed by atoms with E-state index in [9.17, 15) is 4.79 Å². The van der Waals surface area contributed by atoms with Gasteiger partial charge in [-0.15, -0.1) is 11.8 Å². The fourth-order valence-electron chi connectivity index (χ4n) is 2.60. The van der Waals surface area contributed by atoms with Gasteiger partial charge in [0.15, 0.2) is 0 Å². The molecule has 20 heavy (non-hydrogen) atoms. The van der Waals surface area contributed by atoms with Gasteiger partial charge < -0.3 is 10.1 Å². The van der Waals surface area contributed by atoms with Crippen LogP contribution in [0.5, 0.6) is 5.75 Å². The number of ether oxygens (including phenoxy) is 1. The van der Waals surface area contributed by atoms with E-state index in [1.807, 2.05) is 24.3 Å². The Morgan fingerprint density at radius 2 is 2.05 bits per heavy atom. The van der Waals surface area contributed by atoms with E-state index in [4.69, 9.17) is 4.74 Å². The maximum absolute atomic E-state index is 12.1. The van der Waals surface area contributed by atoms with Gasteiger partial charge in [0.2, 0.25) is 5.91 Å². The molecule has 1 N–H and O–H groups in total. The molecular formula is C16H21NO2S. The van der Waals surface area contributed by atoms with Gasteiger partial charge in [0.25, 0.3) is 0 Å². The van der Waals surface area contributed by atoms with Gasteiger partial charge >= 0.3 is 0 Å². The average molecular weight is 291 g/mol. The van der Waals surface area contributed by atoms with Crippen LogP contribution in [0.15, 0.2) is 29.2 Å². The van der Waals surface area contributed by atoms with Crippen molar-refractivity contribution in [2.75, 3.05) is 12.9 Å². The van der Waals surface area contributed by atoms with Crippen molar-refractivity contribution >= 4 is 17.7 Å². The van der Waals surface area contributed by atoms with Crippen molar-refractivity contribution in [1.29, 1.82) is 0 Å². The zero-order valence-corrected chi connectivity index (χ0v) is 12.6. The van der Waals surface area contributed by atoms with Crippen LogP contribution in [0.3, 0.4) is 0 Å². The summed E-state index contributed by atoms with van der Waals surface area (Å²) in [6.45, 7) is 0. The van der Waals surface area contributed by atoms with Crippen molar-refractivity contribution in [1.82, 2.24) is 5.32 Å². The number of rotatable bonds is 7. The van der Waals surface area contributed by atoms with Crippen LogP contribution >= 0.6 is 11.8 Å². The molecule has 0 saturated heterocycles. The SMILES string of the molecule is COc1cccc(SCC(=O)NC(C2CC2)C2CC2)c1. The largest absolute Gasteiger partial charge is 0.497 e. The zero-order chi connectivity index (χ0) is 13.9. The molecule has 1 aromatic rings. The highest BCUT2D eigenvalue weighted by Gasteiger charge is 2.42. The molecule has 0 unspecified atom stereocenters. The van der Waals surface area contributed by atoms with Crippen molar-refractivity contribution < 1.29 is 9.53 Å². The van der Waals surface area contributed by atoms with Gasteiger partial charge in [-0.3, -0.25) is 4.79 Å². The van der Waals surface area contributed by atoms with E-state index in [1.54, 1.807) is 18.9 Å². The zero-order valence-electron chi connectivity index (χ0n) is 11.8. The molecule has 3 rings (SSSR count). The highest BCUT2D eigenvalue weighted by atomic mass is 32.2. The van der Waals surface area contributed by atoms with E-state index in [0.717, 1.165) is 22.5 Å². The van der Waals surface area contributed by atoms with Crippen LogP contribution in [-0.2, 0) is 4.79 Å². The first kappa shape index (κ1) is 13.8. The molecule has 108 valence electrons. The van der Waals surface area contributed by atoms with Crippen molar-refractivity contribution in [3.05, 3.63) is 24.3 Å². The first-order valence-corrected chi connectivity index (χ1v) is 8.31. The normalized spacial score (nSPS) is 18.1. The first-order valence-electron chi connectivity index (χ1n) is 7.32. The Balaban J connectivity index is 1.48. The summed E-state index contributed by atoms with van der Waals surface area (Å²) in [6, 6.07) is 8.31. The van der Waals surface area contributed by atoms with Crippen LogP contribution in [0.4, 0.5) is 0 Å². The van der Waals surface area contributed by atoms with Gasteiger partial charge in [-0.1, -0.05) is 6.07 Å². The standard InChI is InChI=1S/C16H21NO2S/c1-19-13-3-2-4-14(9-13)20-10-15(18)17-16(11-5-6-11)12-7-8-12/h2-4,9,11-12,16H,5-8,10H2,1H3,(H,17,18). The third-order valence-electron chi connectivity index (χ3n) is 4.00. The summed E-state index contributed by atoms with van der Waals surface area (Å²) < 4.78 is 5.19. The number of benzene rings is 1. The molecule has 2 aliphatic rings. The molecule has 0 heterocycles. The summed E-state index contributed by atoms with van der Waals surface area (Å²) in [4.78, 5) is 13.2. The minimum Gasteiger partial charge on any atom is -0.497 e. The highest BCUT2D eigenvalue weighted by Crippen LogP contribution is 2.44. The highest BCUT2D eigenvalue weighted by molar-refractivity contribution is 8.00. The van der Waals surface area contributed by atoms with Gasteiger partial charge in [0.05, 0.1) is 12.9 Å². The number of methoxy groups -OCH3 is 1. The number of hydrogen-bond acceptors (Lipinski definition) is 3. The second-order valence-corrected chi connectivity index (χ2v) is 6.78. The predicted octanol–water partition coefficient (Wildman–Crippen LogP) is 3.09. The van der Waals surface area contributed by atoms with E-state index in [2.05, 4.69) is 5.32 Å². The Morgan fingerprint density at radius 3 is 2.65 bits per heavy atom. The predicted molar refractivity (Wildman–Crippen MR) is 81.1 cm³/mol. The topological polar surface area (TPSA) is 38.3 Å². The summed E-state index contributed by atoms with van der Waals surface area (Å²) in [7, 11) is 1.66. The number of amides is 1. The molecule has 0 aromatic heterocycles. The molecule has 2 aliphatic carbocycles. The molecular weight excluding hydrogens is 270 g/mol. The maximum Gasteiger partial charge on any atom is 0.230 e. The lowest BCUT2D eigenvalue weighted by atomic mass is 10.1. The Kier molecular flexibility index (Phi) is 4.20. The van der Waals surface area contributed by atoms with Gasteiger partial charge in [-0.25, -0.2) is 0 Å². The molecule has 3 nitrogen and oxygen atoms in total. The Bertz CT molecular complexity index is 471. The molecule has 0 radical (unpaired) electrons. The van der Waals surface area contributed by atoms with Crippen molar-refractivity contribution in [3.8, 4) is 5.75 Å². The lowest BCUT2D eigenvalue weighted by Crippen LogP contribution is -2.39. The number of nitrogens with one attached hydrogen (secondary N) is 1. The van der Waals surface area contributed by atoms with E-state index in [1.165, 1.54) is 25.7 Å². The van der Waals surface area contributed by atoms with Gasteiger partial charge in [-0.05, 0) is 55.7 Å². The van der Waals surface area contributed by atoms with Crippen LogP contribution in [0.1, 0.15) is 25.7 Å². The molecule has 0 spiro atoms. The van der Waals surface area contributed by atoms with Crippen LogP contribution in [0, 0.1) is 11.8 Å². The number of thioether (sulfide) groups is 1. The van der Waals surface area contributed by atoms with E-state index in [0.29, 0.717) is 11.8 Å². The molecule has 1 amide bonds. The van der Waals surface area contributed by atoms with Gasteiger partial charge in [-0.2, -0.15) is 0 Å². The monoisotopic (exact) mass is 291 g/mol. The third kappa shape index (κ3) is 3.69. The van der Waals surface area contributed by atoms with Crippen LogP contribution in [0.2, 0.25) is 0 Å². The fraction of sp³-hybridized carbons (Fsp3) is 0.562. The van der Waals surface area contributed by atoms with Crippen molar-refractivity contribution in [2.45, 2.75) is 36.6 Å². The minimum absolute atomic E-state index is 0.168. The molecule has 4 heteroatoms. The molecule has 0 bridgehead atoms. The maximum atomic E-state index is 12.1.